The van der Waals surface area contributed by atoms with Gasteiger partial charge in [-0.2, -0.15) is 0 Å². The standard InChI is InChI=1S/C8H12N2O2/c11-5-4-10-8(12)6-2-1-3-7(6)9-10/h9,11H,1-5H2. The highest BCUT2D eigenvalue weighted by atomic mass is 16.3. The van der Waals surface area contributed by atoms with Crippen LogP contribution < -0.4 is 5.56 Å². The van der Waals surface area contributed by atoms with Crippen LogP contribution in [0, 0.1) is 0 Å². The van der Waals surface area contributed by atoms with Crippen molar-refractivity contribution in [2.24, 2.45) is 0 Å². The highest BCUT2D eigenvalue weighted by Gasteiger charge is 2.18. The lowest BCUT2D eigenvalue weighted by Gasteiger charge is -1.97. The van der Waals surface area contributed by atoms with Crippen molar-refractivity contribution in [2.75, 3.05) is 6.61 Å². The van der Waals surface area contributed by atoms with Crippen LogP contribution in [0.15, 0.2) is 4.79 Å². The van der Waals surface area contributed by atoms with Gasteiger partial charge in [0.1, 0.15) is 0 Å². The second-order valence-electron chi connectivity index (χ2n) is 3.10. The van der Waals surface area contributed by atoms with Crippen LogP contribution in [0.5, 0.6) is 0 Å². The average Bonchev–Trinajstić information content (AvgIpc) is 2.58. The maximum atomic E-state index is 11.5. The fourth-order valence-electron chi connectivity index (χ4n) is 1.74. The minimum atomic E-state index is 0.0132. The van der Waals surface area contributed by atoms with E-state index in [0.29, 0.717) is 6.54 Å². The summed E-state index contributed by atoms with van der Waals surface area (Å²) in [7, 11) is 0. The van der Waals surface area contributed by atoms with Gasteiger partial charge in [0.2, 0.25) is 0 Å². The molecule has 0 amide bonds. The Balaban J connectivity index is 2.41. The molecule has 1 aromatic heterocycles. The minimum Gasteiger partial charge on any atom is -0.394 e. The molecule has 0 atom stereocenters. The van der Waals surface area contributed by atoms with Crippen molar-refractivity contribution < 1.29 is 5.11 Å². The van der Waals surface area contributed by atoms with Crippen molar-refractivity contribution in [1.82, 2.24) is 9.78 Å². The summed E-state index contributed by atoms with van der Waals surface area (Å²) in [6, 6.07) is 0. The summed E-state index contributed by atoms with van der Waals surface area (Å²) in [5, 5.41) is 11.7. The van der Waals surface area contributed by atoms with Crippen LogP contribution in [0.25, 0.3) is 0 Å². The molecule has 0 fully saturated rings. The first-order valence-electron chi connectivity index (χ1n) is 4.24. The summed E-state index contributed by atoms with van der Waals surface area (Å²) in [4.78, 5) is 11.5. The van der Waals surface area contributed by atoms with Crippen molar-refractivity contribution >= 4 is 0 Å². The molecule has 0 aliphatic heterocycles. The molecule has 1 aliphatic rings. The number of nitrogens with one attached hydrogen (secondary N) is 1. The van der Waals surface area contributed by atoms with Crippen LogP contribution in [0.2, 0.25) is 0 Å². The van der Waals surface area contributed by atoms with Crippen LogP contribution in [0.3, 0.4) is 0 Å². The first kappa shape index (κ1) is 7.61. The maximum Gasteiger partial charge on any atom is 0.270 e. The normalized spacial score (nSPS) is 15.1. The maximum absolute atomic E-state index is 11.5. The van der Waals surface area contributed by atoms with Crippen LogP contribution in [-0.2, 0) is 19.4 Å². The Hall–Kier alpha value is -1.03. The predicted octanol–water partition coefficient (Wildman–Crippen LogP) is -0.343. The molecule has 0 spiro atoms. The third kappa shape index (κ3) is 0.992. The number of aliphatic hydroxyl groups is 1. The van der Waals surface area contributed by atoms with Gasteiger partial charge in [0.15, 0.2) is 0 Å². The van der Waals surface area contributed by atoms with Crippen LogP contribution in [0.4, 0.5) is 0 Å². The largest absolute Gasteiger partial charge is 0.394 e. The fourth-order valence-corrected chi connectivity index (χ4v) is 1.74. The SMILES string of the molecule is O=c1c2c([nH]n1CCO)CCC2. The van der Waals surface area contributed by atoms with Gasteiger partial charge >= 0.3 is 0 Å². The van der Waals surface area contributed by atoms with Gasteiger partial charge in [0.25, 0.3) is 5.56 Å². The number of hydrogen-bond donors (Lipinski definition) is 2. The van der Waals surface area contributed by atoms with Gasteiger partial charge in [-0.05, 0) is 19.3 Å². The first-order chi connectivity index (χ1) is 5.83. The molecule has 1 heterocycles. The molecule has 4 nitrogen and oxygen atoms in total. The summed E-state index contributed by atoms with van der Waals surface area (Å²) < 4.78 is 1.49. The lowest BCUT2D eigenvalue weighted by Crippen LogP contribution is -2.20. The highest BCUT2D eigenvalue weighted by Crippen LogP contribution is 2.15. The van der Waals surface area contributed by atoms with E-state index in [1.54, 1.807) is 0 Å². The smallest absolute Gasteiger partial charge is 0.270 e. The second-order valence-corrected chi connectivity index (χ2v) is 3.10. The summed E-state index contributed by atoms with van der Waals surface area (Å²) >= 11 is 0. The lowest BCUT2D eigenvalue weighted by atomic mass is 10.3. The third-order valence-corrected chi connectivity index (χ3v) is 2.31. The van der Waals surface area contributed by atoms with Gasteiger partial charge in [-0.25, -0.2) is 0 Å². The number of rotatable bonds is 2. The van der Waals surface area contributed by atoms with E-state index < -0.39 is 0 Å². The topological polar surface area (TPSA) is 58.0 Å². The van der Waals surface area contributed by atoms with Gasteiger partial charge in [0, 0.05) is 11.3 Å². The quantitative estimate of drug-likeness (QED) is 0.634. The molecule has 0 saturated heterocycles. The Morgan fingerprint density at radius 1 is 1.50 bits per heavy atom. The van der Waals surface area contributed by atoms with E-state index in [9.17, 15) is 4.79 Å². The van der Waals surface area contributed by atoms with Crippen molar-refractivity contribution in [2.45, 2.75) is 25.8 Å². The summed E-state index contributed by atoms with van der Waals surface area (Å²) in [5.74, 6) is 0. The van der Waals surface area contributed by atoms with E-state index in [4.69, 9.17) is 5.11 Å². The minimum absolute atomic E-state index is 0.0132. The zero-order chi connectivity index (χ0) is 8.55. The average molecular weight is 168 g/mol. The van der Waals surface area contributed by atoms with E-state index in [0.717, 1.165) is 30.5 Å². The molecule has 2 N–H and O–H groups in total. The van der Waals surface area contributed by atoms with E-state index in [-0.39, 0.29) is 12.2 Å². The molecule has 0 aromatic carbocycles. The van der Waals surface area contributed by atoms with Gasteiger partial charge in [-0.3, -0.25) is 14.6 Å². The van der Waals surface area contributed by atoms with Crippen LogP contribution >= 0.6 is 0 Å². The van der Waals surface area contributed by atoms with Gasteiger partial charge in [-0.1, -0.05) is 0 Å². The molecule has 66 valence electrons. The number of nitrogens with zero attached hydrogens (tertiary/aromatic N) is 1. The Kier molecular flexibility index (Phi) is 1.77. The number of fused-ring (bicyclic) bond motifs is 1. The van der Waals surface area contributed by atoms with Crippen molar-refractivity contribution in [3.05, 3.63) is 21.6 Å². The monoisotopic (exact) mass is 168 g/mol. The molecule has 0 unspecified atom stereocenters. The molecule has 0 radical (unpaired) electrons. The molecule has 12 heavy (non-hydrogen) atoms. The molecule has 0 saturated carbocycles. The Morgan fingerprint density at radius 3 is 3.00 bits per heavy atom. The number of aromatic nitrogens is 2. The highest BCUT2D eigenvalue weighted by molar-refractivity contribution is 5.22. The third-order valence-electron chi connectivity index (χ3n) is 2.31. The number of aliphatic hydroxyl groups excluding tert-OH is 1. The van der Waals surface area contributed by atoms with Crippen molar-refractivity contribution in [3.8, 4) is 0 Å². The molecule has 2 rings (SSSR count). The lowest BCUT2D eigenvalue weighted by molar-refractivity contribution is 0.267. The van der Waals surface area contributed by atoms with E-state index >= 15 is 0 Å². The Bertz CT molecular complexity index is 337. The van der Waals surface area contributed by atoms with Crippen molar-refractivity contribution in [3.63, 3.8) is 0 Å². The Labute approximate surface area is 69.8 Å². The summed E-state index contributed by atoms with van der Waals surface area (Å²) in [5.41, 5.74) is 2.04. The van der Waals surface area contributed by atoms with Gasteiger partial charge in [-0.15, -0.1) is 0 Å². The molecular formula is C8H12N2O2. The molecule has 1 aromatic rings. The van der Waals surface area contributed by atoms with E-state index in [1.807, 2.05) is 0 Å². The summed E-state index contributed by atoms with van der Waals surface area (Å²) in [6.07, 6.45) is 2.95. The van der Waals surface area contributed by atoms with Crippen LogP contribution in [0.1, 0.15) is 17.7 Å². The van der Waals surface area contributed by atoms with E-state index in [2.05, 4.69) is 5.10 Å². The van der Waals surface area contributed by atoms with E-state index in [1.165, 1.54) is 4.68 Å². The zero-order valence-corrected chi connectivity index (χ0v) is 6.84. The molecular weight excluding hydrogens is 156 g/mol. The van der Waals surface area contributed by atoms with Gasteiger partial charge < -0.3 is 5.11 Å². The van der Waals surface area contributed by atoms with Crippen molar-refractivity contribution in [1.29, 1.82) is 0 Å². The molecule has 1 aliphatic carbocycles. The number of H-pyrrole nitrogens is 1. The number of aromatic amines is 1. The predicted molar refractivity (Wildman–Crippen MR) is 44.2 cm³/mol. The molecule has 4 heteroatoms. The number of aryl methyl sites for hydroxylation is 1. The fraction of sp³-hybridized carbons (Fsp3) is 0.625. The first-order valence-corrected chi connectivity index (χ1v) is 4.24. The number of hydrogen-bond acceptors (Lipinski definition) is 2. The summed E-state index contributed by atoms with van der Waals surface area (Å²) in [6.45, 7) is 0.394. The Morgan fingerprint density at radius 2 is 2.33 bits per heavy atom. The van der Waals surface area contributed by atoms with Crippen LogP contribution in [-0.4, -0.2) is 21.5 Å². The second kappa shape index (κ2) is 2.79. The molecule has 0 bridgehead atoms. The van der Waals surface area contributed by atoms with Gasteiger partial charge in [0.05, 0.1) is 13.2 Å². The zero-order valence-electron chi connectivity index (χ0n) is 6.84.